The molecule has 0 aliphatic carbocycles. The van der Waals surface area contributed by atoms with Crippen LogP contribution in [0.5, 0.6) is 0 Å². The number of rotatable bonds is 2. The van der Waals surface area contributed by atoms with Crippen LogP contribution in [0.1, 0.15) is 43.7 Å². The highest BCUT2D eigenvalue weighted by Crippen LogP contribution is 2.32. The van der Waals surface area contributed by atoms with Gasteiger partial charge in [-0.25, -0.2) is 4.79 Å². The summed E-state index contributed by atoms with van der Waals surface area (Å²) in [7, 11) is 0. The Morgan fingerprint density at radius 2 is 2.25 bits per heavy atom. The number of amides is 1. The van der Waals surface area contributed by atoms with E-state index in [1.165, 1.54) is 10.4 Å². The van der Waals surface area contributed by atoms with Crippen LogP contribution in [0.4, 0.5) is 4.79 Å². The zero-order valence-electron chi connectivity index (χ0n) is 12.7. The molecule has 2 heterocycles. The molecule has 0 saturated carbocycles. The quantitative estimate of drug-likeness (QED) is 0.911. The Kier molecular flexibility index (Phi) is 4.39. The van der Waals surface area contributed by atoms with Crippen molar-refractivity contribution in [2.75, 3.05) is 13.1 Å². The van der Waals surface area contributed by atoms with Gasteiger partial charge in [0.15, 0.2) is 0 Å². The molecule has 1 fully saturated rings. The fraction of sp³-hybridized carbons (Fsp3) is 0.667. The molecule has 1 amide bonds. The van der Waals surface area contributed by atoms with Crippen LogP contribution in [0.2, 0.25) is 0 Å². The Bertz CT molecular complexity index is 478. The van der Waals surface area contributed by atoms with Crippen LogP contribution < -0.4 is 5.73 Å². The van der Waals surface area contributed by atoms with Gasteiger partial charge in [-0.3, -0.25) is 0 Å². The lowest BCUT2D eigenvalue weighted by atomic mass is 9.94. The number of nitrogens with two attached hydrogens (primary N) is 1. The van der Waals surface area contributed by atoms with Crippen LogP contribution in [-0.4, -0.2) is 29.7 Å². The molecular formula is C15H24N2O2S. The van der Waals surface area contributed by atoms with Gasteiger partial charge in [-0.15, -0.1) is 11.3 Å². The van der Waals surface area contributed by atoms with Crippen LogP contribution in [0, 0.1) is 12.8 Å². The first kappa shape index (κ1) is 15.3. The van der Waals surface area contributed by atoms with Gasteiger partial charge in [-0.2, -0.15) is 0 Å². The van der Waals surface area contributed by atoms with Gasteiger partial charge in [0, 0.05) is 24.0 Å². The first-order valence-corrected chi connectivity index (χ1v) is 7.93. The summed E-state index contributed by atoms with van der Waals surface area (Å²) in [4.78, 5) is 15.1. The third-order valence-corrected chi connectivity index (χ3v) is 4.50. The monoisotopic (exact) mass is 296 g/mol. The highest BCUT2D eigenvalue weighted by Gasteiger charge is 2.33. The van der Waals surface area contributed by atoms with E-state index in [2.05, 4.69) is 18.4 Å². The zero-order chi connectivity index (χ0) is 14.9. The van der Waals surface area contributed by atoms with Crippen molar-refractivity contribution in [3.05, 3.63) is 21.9 Å². The minimum atomic E-state index is -0.443. The number of thiophene rings is 1. The predicted molar refractivity (Wildman–Crippen MR) is 81.9 cm³/mol. The van der Waals surface area contributed by atoms with Crippen LogP contribution in [0.3, 0.4) is 0 Å². The van der Waals surface area contributed by atoms with E-state index >= 15 is 0 Å². The van der Waals surface area contributed by atoms with Gasteiger partial charge in [0.2, 0.25) is 0 Å². The Morgan fingerprint density at radius 1 is 1.55 bits per heavy atom. The van der Waals surface area contributed by atoms with E-state index in [1.54, 1.807) is 16.2 Å². The molecule has 1 aliphatic rings. The molecule has 0 spiro atoms. The molecule has 0 radical (unpaired) electrons. The minimum absolute atomic E-state index is 0.00804. The van der Waals surface area contributed by atoms with E-state index in [9.17, 15) is 4.79 Å². The summed E-state index contributed by atoms with van der Waals surface area (Å²) < 4.78 is 5.41. The van der Waals surface area contributed by atoms with Crippen molar-refractivity contribution in [2.24, 2.45) is 11.7 Å². The second-order valence-electron chi connectivity index (χ2n) is 6.43. The van der Waals surface area contributed by atoms with Crippen LogP contribution in [0.15, 0.2) is 11.4 Å². The van der Waals surface area contributed by atoms with Crippen molar-refractivity contribution in [2.45, 2.75) is 45.8 Å². The molecule has 2 atom stereocenters. The number of ether oxygens (including phenoxy) is 1. The average Bonchev–Trinajstić information content (AvgIpc) is 2.94. The van der Waals surface area contributed by atoms with Gasteiger partial charge in [0.25, 0.3) is 0 Å². The Labute approximate surface area is 124 Å². The molecule has 2 N–H and O–H groups in total. The first-order valence-electron chi connectivity index (χ1n) is 7.05. The van der Waals surface area contributed by atoms with Crippen molar-refractivity contribution in [1.29, 1.82) is 0 Å². The molecule has 112 valence electrons. The van der Waals surface area contributed by atoms with Gasteiger partial charge in [0.1, 0.15) is 5.60 Å². The molecule has 0 bridgehead atoms. The molecule has 2 rings (SSSR count). The summed E-state index contributed by atoms with van der Waals surface area (Å²) >= 11 is 1.72. The third kappa shape index (κ3) is 3.52. The number of likely N-dealkylation sites (tertiary alicyclic amines) is 1. The van der Waals surface area contributed by atoms with Crippen LogP contribution in [-0.2, 0) is 4.74 Å². The van der Waals surface area contributed by atoms with Gasteiger partial charge in [-0.05, 0) is 57.0 Å². The number of hydrogen-bond acceptors (Lipinski definition) is 4. The summed E-state index contributed by atoms with van der Waals surface area (Å²) in [5.41, 5.74) is 7.13. The van der Waals surface area contributed by atoms with E-state index in [-0.39, 0.29) is 12.1 Å². The molecule has 4 nitrogen and oxygen atoms in total. The Hall–Kier alpha value is -1.07. The summed E-state index contributed by atoms with van der Waals surface area (Å²) in [5.74, 6) is 0.316. The molecule has 0 aromatic carbocycles. The zero-order valence-corrected chi connectivity index (χ0v) is 13.5. The van der Waals surface area contributed by atoms with E-state index in [4.69, 9.17) is 10.5 Å². The smallest absolute Gasteiger partial charge is 0.410 e. The molecule has 1 aromatic rings. The van der Waals surface area contributed by atoms with Crippen molar-refractivity contribution in [3.8, 4) is 0 Å². The summed E-state index contributed by atoms with van der Waals surface area (Å²) in [6.07, 6.45) is 0.713. The normalized spacial score (nSPS) is 21.1. The van der Waals surface area contributed by atoms with Gasteiger partial charge in [-0.1, -0.05) is 0 Å². The van der Waals surface area contributed by atoms with Gasteiger partial charge in [0.05, 0.1) is 0 Å². The maximum absolute atomic E-state index is 12.0. The molecule has 1 aromatic heterocycles. The fourth-order valence-electron chi connectivity index (χ4n) is 2.57. The number of aryl methyl sites for hydroxylation is 1. The first-order chi connectivity index (χ1) is 9.28. The molecule has 5 heteroatoms. The van der Waals surface area contributed by atoms with Gasteiger partial charge >= 0.3 is 6.09 Å². The third-order valence-electron chi connectivity index (χ3n) is 3.64. The molecule has 20 heavy (non-hydrogen) atoms. The Morgan fingerprint density at radius 3 is 2.80 bits per heavy atom. The highest BCUT2D eigenvalue weighted by molar-refractivity contribution is 7.10. The lowest BCUT2D eigenvalue weighted by Gasteiger charge is -2.25. The number of carbonyl (C=O) groups is 1. The van der Waals surface area contributed by atoms with Crippen molar-refractivity contribution >= 4 is 17.4 Å². The maximum atomic E-state index is 12.0. The van der Waals surface area contributed by atoms with E-state index in [1.807, 2.05) is 20.8 Å². The Balaban J connectivity index is 1.95. The number of nitrogens with zero attached hydrogens (tertiary/aromatic N) is 1. The second kappa shape index (κ2) is 5.74. The van der Waals surface area contributed by atoms with Crippen molar-refractivity contribution in [3.63, 3.8) is 0 Å². The van der Waals surface area contributed by atoms with Crippen molar-refractivity contribution < 1.29 is 9.53 Å². The SMILES string of the molecule is Cc1sccc1C(N)C1CCN(C(=O)OC(C)(C)C)C1. The molecule has 1 saturated heterocycles. The molecule has 1 aliphatic heterocycles. The average molecular weight is 296 g/mol. The summed E-state index contributed by atoms with van der Waals surface area (Å²) in [6, 6.07) is 2.11. The van der Waals surface area contributed by atoms with E-state index in [0.717, 1.165) is 13.0 Å². The standard InChI is InChI=1S/C15H24N2O2S/c1-10-12(6-8-20-10)13(16)11-5-7-17(9-11)14(18)19-15(2,3)4/h6,8,11,13H,5,7,9,16H2,1-4H3. The van der Waals surface area contributed by atoms with E-state index in [0.29, 0.717) is 12.5 Å². The van der Waals surface area contributed by atoms with Gasteiger partial charge < -0.3 is 15.4 Å². The lowest BCUT2D eigenvalue weighted by Crippen LogP contribution is -2.36. The summed E-state index contributed by atoms with van der Waals surface area (Å²) in [5, 5.41) is 2.07. The minimum Gasteiger partial charge on any atom is -0.444 e. The summed E-state index contributed by atoms with van der Waals surface area (Å²) in [6.45, 7) is 9.18. The molecule has 2 unspecified atom stereocenters. The highest BCUT2D eigenvalue weighted by atomic mass is 32.1. The lowest BCUT2D eigenvalue weighted by molar-refractivity contribution is 0.0286. The van der Waals surface area contributed by atoms with Crippen molar-refractivity contribution in [1.82, 2.24) is 4.90 Å². The predicted octanol–water partition coefficient (Wildman–Crippen LogP) is 3.31. The van der Waals surface area contributed by atoms with E-state index < -0.39 is 5.60 Å². The van der Waals surface area contributed by atoms with Crippen LogP contribution in [0.25, 0.3) is 0 Å². The second-order valence-corrected chi connectivity index (χ2v) is 7.55. The number of carbonyl (C=O) groups excluding carboxylic acids is 1. The van der Waals surface area contributed by atoms with Crippen LogP contribution >= 0.6 is 11.3 Å². The largest absolute Gasteiger partial charge is 0.444 e. The molecular weight excluding hydrogens is 272 g/mol. The maximum Gasteiger partial charge on any atom is 0.410 e. The topological polar surface area (TPSA) is 55.6 Å². The fourth-order valence-corrected chi connectivity index (χ4v) is 3.33. The number of hydrogen-bond donors (Lipinski definition) is 1.